The lowest BCUT2D eigenvalue weighted by Gasteiger charge is -2.39. The van der Waals surface area contributed by atoms with E-state index in [-0.39, 0.29) is 0 Å². The van der Waals surface area contributed by atoms with Gasteiger partial charge in [-0.2, -0.15) is 5.26 Å². The number of nitriles is 1. The molecule has 19 heavy (non-hydrogen) atoms. The van der Waals surface area contributed by atoms with E-state index < -0.39 is 0 Å². The molecule has 2 rings (SSSR count). The lowest BCUT2D eigenvalue weighted by atomic mass is 10.1. The zero-order chi connectivity index (χ0) is 13.7. The minimum absolute atomic E-state index is 0.591. The van der Waals surface area contributed by atoms with Crippen LogP contribution in [0.25, 0.3) is 0 Å². The van der Waals surface area contributed by atoms with Crippen molar-refractivity contribution in [1.29, 1.82) is 5.26 Å². The van der Waals surface area contributed by atoms with Gasteiger partial charge in [-0.15, -0.1) is 0 Å². The lowest BCUT2D eigenvalue weighted by molar-refractivity contribution is 0.195. The number of hydrogen-bond acceptors (Lipinski definition) is 4. The summed E-state index contributed by atoms with van der Waals surface area (Å²) >= 11 is 0. The van der Waals surface area contributed by atoms with Gasteiger partial charge in [0.2, 0.25) is 0 Å². The second kappa shape index (κ2) is 6.55. The maximum Gasteiger partial charge on any atom is 0.0991 e. The van der Waals surface area contributed by atoms with Gasteiger partial charge in [0.15, 0.2) is 0 Å². The van der Waals surface area contributed by atoms with E-state index in [1.54, 1.807) is 0 Å². The Morgan fingerprint density at radius 2 is 1.84 bits per heavy atom. The van der Waals surface area contributed by atoms with Crippen LogP contribution in [0.1, 0.15) is 12.5 Å². The Labute approximate surface area is 115 Å². The van der Waals surface area contributed by atoms with Gasteiger partial charge >= 0.3 is 0 Å². The van der Waals surface area contributed by atoms with E-state index in [2.05, 4.69) is 28.1 Å². The first-order valence-electron chi connectivity index (χ1n) is 6.88. The summed E-state index contributed by atoms with van der Waals surface area (Å²) in [5, 5.41) is 12.0. The molecule has 4 heteroatoms. The monoisotopic (exact) mass is 258 g/mol. The lowest BCUT2D eigenvalue weighted by Crippen LogP contribution is -2.51. The van der Waals surface area contributed by atoms with Gasteiger partial charge in [-0.05, 0) is 38.2 Å². The average Bonchev–Trinajstić information content (AvgIpc) is 2.48. The molecular formula is C15H22N4. The van der Waals surface area contributed by atoms with Crippen molar-refractivity contribution in [2.75, 3.05) is 44.7 Å². The molecule has 0 aromatic heterocycles. The van der Waals surface area contributed by atoms with E-state index in [0.29, 0.717) is 6.04 Å². The van der Waals surface area contributed by atoms with Crippen LogP contribution < -0.4 is 10.2 Å². The highest BCUT2D eigenvalue weighted by Gasteiger charge is 2.20. The number of likely N-dealkylation sites (N-methyl/N-ethyl adjacent to an activating group) is 1. The molecule has 1 unspecified atom stereocenters. The van der Waals surface area contributed by atoms with Gasteiger partial charge in [-0.25, -0.2) is 0 Å². The molecule has 1 heterocycles. The van der Waals surface area contributed by atoms with Crippen molar-refractivity contribution in [3.8, 4) is 6.07 Å². The number of nitrogens with zero attached hydrogens (tertiary/aromatic N) is 3. The SMILES string of the molecule is CNCC(C)N1CCN(c2ccc(C#N)cc2)CC1. The van der Waals surface area contributed by atoms with Gasteiger partial charge in [0.25, 0.3) is 0 Å². The predicted molar refractivity (Wildman–Crippen MR) is 78.3 cm³/mol. The molecule has 4 nitrogen and oxygen atoms in total. The van der Waals surface area contributed by atoms with Gasteiger partial charge in [0, 0.05) is 44.5 Å². The third kappa shape index (κ3) is 3.46. The average molecular weight is 258 g/mol. The highest BCUT2D eigenvalue weighted by molar-refractivity contribution is 5.50. The Balaban J connectivity index is 1.90. The first-order valence-corrected chi connectivity index (χ1v) is 6.88. The fourth-order valence-electron chi connectivity index (χ4n) is 2.59. The van der Waals surface area contributed by atoms with E-state index in [9.17, 15) is 0 Å². The van der Waals surface area contributed by atoms with Gasteiger partial charge in [-0.1, -0.05) is 0 Å². The van der Waals surface area contributed by atoms with Crippen molar-refractivity contribution < 1.29 is 0 Å². The zero-order valence-corrected chi connectivity index (χ0v) is 11.8. The molecule has 102 valence electrons. The summed E-state index contributed by atoms with van der Waals surface area (Å²) in [4.78, 5) is 4.92. The van der Waals surface area contributed by atoms with Crippen molar-refractivity contribution in [2.24, 2.45) is 0 Å². The molecule has 1 saturated heterocycles. The molecule has 1 aliphatic rings. The molecule has 0 bridgehead atoms. The molecule has 1 atom stereocenters. The molecule has 1 aromatic rings. The Morgan fingerprint density at radius 3 is 2.37 bits per heavy atom. The summed E-state index contributed by atoms with van der Waals surface area (Å²) in [5.74, 6) is 0. The summed E-state index contributed by atoms with van der Waals surface area (Å²) in [5.41, 5.74) is 1.95. The Morgan fingerprint density at radius 1 is 1.21 bits per heavy atom. The molecule has 1 N–H and O–H groups in total. The van der Waals surface area contributed by atoms with Crippen molar-refractivity contribution in [3.63, 3.8) is 0 Å². The largest absolute Gasteiger partial charge is 0.369 e. The molecule has 0 spiro atoms. The van der Waals surface area contributed by atoms with Crippen LogP contribution >= 0.6 is 0 Å². The summed E-state index contributed by atoms with van der Waals surface area (Å²) < 4.78 is 0. The third-order valence-electron chi connectivity index (χ3n) is 3.80. The number of benzene rings is 1. The quantitative estimate of drug-likeness (QED) is 0.883. The van der Waals surface area contributed by atoms with Crippen LogP contribution in [-0.4, -0.2) is 50.7 Å². The second-order valence-corrected chi connectivity index (χ2v) is 5.09. The molecule has 1 fully saturated rings. The Bertz CT molecular complexity index is 426. The normalized spacial score (nSPS) is 18.1. The van der Waals surface area contributed by atoms with Crippen LogP contribution in [0, 0.1) is 11.3 Å². The second-order valence-electron chi connectivity index (χ2n) is 5.09. The Hall–Kier alpha value is -1.57. The number of nitrogens with one attached hydrogen (secondary N) is 1. The van der Waals surface area contributed by atoms with Crippen LogP contribution in [0.3, 0.4) is 0 Å². The zero-order valence-electron chi connectivity index (χ0n) is 11.8. The van der Waals surface area contributed by atoms with Crippen LogP contribution in [0.4, 0.5) is 5.69 Å². The predicted octanol–water partition coefficient (Wildman–Crippen LogP) is 1.29. The van der Waals surface area contributed by atoms with Crippen molar-refractivity contribution in [1.82, 2.24) is 10.2 Å². The Kier molecular flexibility index (Phi) is 4.78. The first-order chi connectivity index (χ1) is 9.24. The standard InChI is InChI=1S/C15H22N4/c1-13(12-17-2)18-7-9-19(10-8-18)15-5-3-14(11-16)4-6-15/h3-6,13,17H,7-10,12H2,1-2H3. The number of piperazine rings is 1. The molecular weight excluding hydrogens is 236 g/mol. The van der Waals surface area contributed by atoms with Gasteiger partial charge in [-0.3, -0.25) is 4.90 Å². The molecule has 0 radical (unpaired) electrons. The fourth-order valence-corrected chi connectivity index (χ4v) is 2.59. The molecule has 1 aliphatic heterocycles. The topological polar surface area (TPSA) is 42.3 Å². The number of rotatable bonds is 4. The summed E-state index contributed by atoms with van der Waals surface area (Å²) in [6.07, 6.45) is 0. The number of hydrogen-bond donors (Lipinski definition) is 1. The van der Waals surface area contributed by atoms with E-state index >= 15 is 0 Å². The molecule has 0 saturated carbocycles. The van der Waals surface area contributed by atoms with Gasteiger partial charge in [0.1, 0.15) is 0 Å². The van der Waals surface area contributed by atoms with Crippen LogP contribution in [0.2, 0.25) is 0 Å². The van der Waals surface area contributed by atoms with Crippen molar-refractivity contribution in [3.05, 3.63) is 29.8 Å². The van der Waals surface area contributed by atoms with Crippen molar-refractivity contribution in [2.45, 2.75) is 13.0 Å². The van der Waals surface area contributed by atoms with Crippen LogP contribution in [0.5, 0.6) is 0 Å². The summed E-state index contributed by atoms with van der Waals surface area (Å²) in [7, 11) is 2.00. The summed E-state index contributed by atoms with van der Waals surface area (Å²) in [6, 6.07) is 10.6. The smallest absolute Gasteiger partial charge is 0.0991 e. The van der Waals surface area contributed by atoms with Crippen LogP contribution in [-0.2, 0) is 0 Å². The fraction of sp³-hybridized carbons (Fsp3) is 0.533. The number of anilines is 1. The van der Waals surface area contributed by atoms with E-state index in [1.165, 1.54) is 5.69 Å². The van der Waals surface area contributed by atoms with Gasteiger partial charge in [0.05, 0.1) is 11.6 Å². The van der Waals surface area contributed by atoms with Crippen LogP contribution in [0.15, 0.2) is 24.3 Å². The minimum atomic E-state index is 0.591. The highest BCUT2D eigenvalue weighted by atomic mass is 15.3. The third-order valence-corrected chi connectivity index (χ3v) is 3.80. The summed E-state index contributed by atoms with van der Waals surface area (Å²) in [6.45, 7) is 7.62. The van der Waals surface area contributed by atoms with E-state index in [0.717, 1.165) is 38.3 Å². The van der Waals surface area contributed by atoms with E-state index in [4.69, 9.17) is 5.26 Å². The molecule has 1 aromatic carbocycles. The van der Waals surface area contributed by atoms with Gasteiger partial charge < -0.3 is 10.2 Å². The maximum absolute atomic E-state index is 8.81. The highest BCUT2D eigenvalue weighted by Crippen LogP contribution is 2.17. The van der Waals surface area contributed by atoms with E-state index in [1.807, 2.05) is 31.3 Å². The first kappa shape index (κ1) is 13.9. The molecule has 0 aliphatic carbocycles. The maximum atomic E-state index is 8.81. The minimum Gasteiger partial charge on any atom is -0.369 e. The van der Waals surface area contributed by atoms with Crippen molar-refractivity contribution >= 4 is 5.69 Å². The molecule has 0 amide bonds.